The van der Waals surface area contributed by atoms with Crippen molar-refractivity contribution < 1.29 is 20.1 Å². The van der Waals surface area contributed by atoms with E-state index < -0.39 is 23.1 Å². The van der Waals surface area contributed by atoms with Crippen LogP contribution < -0.4 is 10.9 Å². The van der Waals surface area contributed by atoms with E-state index in [1.165, 1.54) is 22.7 Å². The number of hydrogen-bond acceptors (Lipinski definition) is 8. The van der Waals surface area contributed by atoms with Crippen LogP contribution in [-0.2, 0) is 4.79 Å². The molecule has 142 valence electrons. The van der Waals surface area contributed by atoms with Crippen molar-refractivity contribution in [1.29, 1.82) is 0 Å². The lowest BCUT2D eigenvalue weighted by atomic mass is 10.1. The molecule has 0 radical (unpaired) electrons. The Balaban J connectivity index is 1.98. The number of aliphatic hydroxyl groups excluding tert-OH is 3. The molecule has 0 unspecified atom stereocenters. The van der Waals surface area contributed by atoms with E-state index in [1.807, 2.05) is 0 Å². The van der Waals surface area contributed by atoms with Crippen molar-refractivity contribution in [3.8, 4) is 0 Å². The predicted molar refractivity (Wildman–Crippen MR) is 95.7 cm³/mol. The van der Waals surface area contributed by atoms with Gasteiger partial charge in [-0.05, 0) is 6.42 Å². The second kappa shape index (κ2) is 7.35. The number of nitrogens with one attached hydrogen (secondary N) is 2. The molecule has 0 aromatic carbocycles. The molecule has 10 nitrogen and oxygen atoms in total. The number of thioether (sulfide) groups is 1. The van der Waals surface area contributed by atoms with Crippen LogP contribution in [0, 0.1) is 5.92 Å². The predicted octanol–water partition coefficient (Wildman–Crippen LogP) is -0.568. The van der Waals surface area contributed by atoms with E-state index in [0.717, 1.165) is 0 Å². The average molecular weight is 383 g/mol. The molecule has 1 fully saturated rings. The number of nitrogens with zero attached hydrogens (tertiary/aromatic N) is 3. The number of H-pyrrole nitrogens is 1. The summed E-state index contributed by atoms with van der Waals surface area (Å²) in [4.78, 5) is 34.8. The molecule has 1 aliphatic rings. The molecule has 5 N–H and O–H groups in total. The van der Waals surface area contributed by atoms with E-state index in [9.17, 15) is 19.8 Å². The molecule has 1 saturated heterocycles. The fourth-order valence-electron chi connectivity index (χ4n) is 2.76. The molecule has 0 spiro atoms. The largest absolute Gasteiger partial charge is 0.396 e. The first kappa shape index (κ1) is 18.8. The standard InChI is InChI=1S/C15H21N5O5S/c1-6(2)12(24)18-15-17-11-8(13(25)19-15)16-5-20(11)14-10(23)9(22)7(26-14)3-4-21/h5-7,9-10,14,21-23H,3-4H2,1-2H3,(H2,17,18,19,24,25)/t7-,9-,10-,14-/m1/s1. The topological polar surface area (TPSA) is 153 Å². The Bertz CT molecular complexity index is 866. The molecular formula is C15H21N5O5S. The molecule has 11 heteroatoms. The molecule has 26 heavy (non-hydrogen) atoms. The molecule has 0 saturated carbocycles. The smallest absolute Gasteiger partial charge is 0.280 e. The fraction of sp³-hybridized carbons (Fsp3) is 0.600. The summed E-state index contributed by atoms with van der Waals surface area (Å²) in [5, 5.41) is 31.2. The number of carbonyl (C=O) groups excluding carboxylic acids is 1. The molecule has 3 heterocycles. The number of carbonyl (C=O) groups is 1. The third kappa shape index (κ3) is 3.34. The molecule has 1 amide bonds. The van der Waals surface area contributed by atoms with E-state index in [0.29, 0.717) is 6.42 Å². The van der Waals surface area contributed by atoms with Gasteiger partial charge in [-0.2, -0.15) is 4.98 Å². The zero-order valence-electron chi connectivity index (χ0n) is 14.3. The number of fused-ring (bicyclic) bond motifs is 1. The SMILES string of the molecule is CC(C)C(=O)Nc1nc2c(ncn2[C@@H]2S[C@H](CCO)[C@@H](O)[C@H]2O)c(=O)[nH]1. The van der Waals surface area contributed by atoms with Gasteiger partial charge in [-0.25, -0.2) is 4.98 Å². The quantitative estimate of drug-likeness (QED) is 0.460. The summed E-state index contributed by atoms with van der Waals surface area (Å²) in [7, 11) is 0. The number of hydrogen-bond donors (Lipinski definition) is 5. The zero-order valence-corrected chi connectivity index (χ0v) is 15.1. The minimum absolute atomic E-state index is 0.00658. The van der Waals surface area contributed by atoms with Gasteiger partial charge in [-0.15, -0.1) is 11.8 Å². The summed E-state index contributed by atoms with van der Waals surface area (Å²) in [5.41, 5.74) is -0.251. The molecule has 2 aromatic rings. The Morgan fingerprint density at radius 1 is 1.42 bits per heavy atom. The third-order valence-electron chi connectivity index (χ3n) is 4.22. The maximum atomic E-state index is 12.2. The van der Waals surface area contributed by atoms with Crippen LogP contribution >= 0.6 is 11.8 Å². The fourth-order valence-corrected chi connectivity index (χ4v) is 4.29. The summed E-state index contributed by atoms with van der Waals surface area (Å²) < 4.78 is 1.51. The second-order valence-electron chi connectivity index (χ2n) is 6.44. The van der Waals surface area contributed by atoms with Crippen molar-refractivity contribution in [2.24, 2.45) is 5.92 Å². The van der Waals surface area contributed by atoms with Crippen LogP contribution in [-0.4, -0.2) is 64.8 Å². The highest BCUT2D eigenvalue weighted by atomic mass is 32.2. The first-order chi connectivity index (χ1) is 12.3. The summed E-state index contributed by atoms with van der Waals surface area (Å²) in [6.45, 7) is 3.32. The minimum atomic E-state index is -1.11. The second-order valence-corrected chi connectivity index (χ2v) is 7.80. The molecule has 1 aliphatic heterocycles. The molecule has 4 atom stereocenters. The molecule has 0 bridgehead atoms. The number of amides is 1. The van der Waals surface area contributed by atoms with Gasteiger partial charge in [-0.1, -0.05) is 13.8 Å². The van der Waals surface area contributed by atoms with Gasteiger partial charge in [0.15, 0.2) is 11.2 Å². The Hall–Kier alpha value is -1.95. The monoisotopic (exact) mass is 383 g/mol. The van der Waals surface area contributed by atoms with Gasteiger partial charge in [0.05, 0.1) is 12.4 Å². The normalized spacial score (nSPS) is 25.9. The number of rotatable bonds is 5. The molecular weight excluding hydrogens is 362 g/mol. The van der Waals surface area contributed by atoms with Crippen molar-refractivity contribution in [2.75, 3.05) is 11.9 Å². The van der Waals surface area contributed by atoms with Crippen LogP contribution in [0.15, 0.2) is 11.1 Å². The number of anilines is 1. The maximum Gasteiger partial charge on any atom is 0.280 e. The molecule has 3 rings (SSSR count). The van der Waals surface area contributed by atoms with Gasteiger partial charge in [0.1, 0.15) is 11.5 Å². The Labute approximate surface area is 152 Å². The van der Waals surface area contributed by atoms with Crippen LogP contribution in [0.4, 0.5) is 5.95 Å². The van der Waals surface area contributed by atoms with Gasteiger partial charge in [0.2, 0.25) is 11.9 Å². The summed E-state index contributed by atoms with van der Waals surface area (Å²) in [6.07, 6.45) is -0.425. The lowest BCUT2D eigenvalue weighted by Crippen LogP contribution is -2.32. The molecule has 0 aliphatic carbocycles. The lowest BCUT2D eigenvalue weighted by Gasteiger charge is -2.17. The van der Waals surface area contributed by atoms with Crippen LogP contribution in [0.5, 0.6) is 0 Å². The van der Waals surface area contributed by atoms with Gasteiger partial charge in [-0.3, -0.25) is 24.5 Å². The number of aromatic nitrogens is 4. The van der Waals surface area contributed by atoms with E-state index in [1.54, 1.807) is 13.8 Å². The lowest BCUT2D eigenvalue weighted by molar-refractivity contribution is -0.118. The highest BCUT2D eigenvalue weighted by Crippen LogP contribution is 2.43. The van der Waals surface area contributed by atoms with Crippen LogP contribution in [0.2, 0.25) is 0 Å². The Morgan fingerprint density at radius 3 is 2.81 bits per heavy atom. The summed E-state index contributed by atoms with van der Waals surface area (Å²) in [5.74, 6) is -0.595. The highest BCUT2D eigenvalue weighted by molar-refractivity contribution is 8.00. The van der Waals surface area contributed by atoms with Crippen molar-refractivity contribution in [2.45, 2.75) is 43.1 Å². The van der Waals surface area contributed by atoms with Gasteiger partial charge in [0, 0.05) is 17.8 Å². The minimum Gasteiger partial charge on any atom is -0.396 e. The van der Waals surface area contributed by atoms with E-state index in [4.69, 9.17) is 5.11 Å². The van der Waals surface area contributed by atoms with Crippen molar-refractivity contribution in [1.82, 2.24) is 19.5 Å². The first-order valence-corrected chi connectivity index (χ1v) is 9.18. The first-order valence-electron chi connectivity index (χ1n) is 8.23. The summed E-state index contributed by atoms with van der Waals surface area (Å²) >= 11 is 1.28. The van der Waals surface area contributed by atoms with Gasteiger partial charge in [0.25, 0.3) is 5.56 Å². The summed E-state index contributed by atoms with van der Waals surface area (Å²) in [6, 6.07) is 0. The average Bonchev–Trinajstić information content (AvgIpc) is 3.12. The number of aliphatic hydroxyl groups is 3. The Morgan fingerprint density at radius 2 is 2.15 bits per heavy atom. The van der Waals surface area contributed by atoms with Crippen LogP contribution in [0.3, 0.4) is 0 Å². The Kier molecular flexibility index (Phi) is 5.32. The van der Waals surface area contributed by atoms with Crippen LogP contribution in [0.1, 0.15) is 25.6 Å². The zero-order chi connectivity index (χ0) is 19.0. The number of aromatic amines is 1. The third-order valence-corrected chi connectivity index (χ3v) is 5.87. The van der Waals surface area contributed by atoms with Crippen molar-refractivity contribution in [3.05, 3.63) is 16.7 Å². The van der Waals surface area contributed by atoms with E-state index in [2.05, 4.69) is 20.3 Å². The van der Waals surface area contributed by atoms with E-state index >= 15 is 0 Å². The highest BCUT2D eigenvalue weighted by Gasteiger charge is 2.43. The number of imidazole rings is 1. The van der Waals surface area contributed by atoms with E-state index in [-0.39, 0.29) is 40.8 Å². The van der Waals surface area contributed by atoms with Gasteiger partial charge >= 0.3 is 0 Å². The maximum absolute atomic E-state index is 12.2. The van der Waals surface area contributed by atoms with Crippen LogP contribution in [0.25, 0.3) is 11.2 Å². The van der Waals surface area contributed by atoms with Crippen molar-refractivity contribution in [3.63, 3.8) is 0 Å². The van der Waals surface area contributed by atoms with Crippen molar-refractivity contribution >= 4 is 34.8 Å². The molecule has 2 aromatic heterocycles. The van der Waals surface area contributed by atoms with Gasteiger partial charge < -0.3 is 15.3 Å².